The molecule has 0 aliphatic carbocycles. The van der Waals surface area contributed by atoms with Gasteiger partial charge in [-0.2, -0.15) is 4.98 Å². The standard InChI is InChI=1S/C27H24Cl2F2N6O3/c1-13(2)21-23(17(29)7-8-32-21)37-25-15(11-19(31)22(33-25)20-16(28)5-4-6-18(20)30)24(34-26(37)38)36-10-9-35(27(39)40)12-14(36)3/h4-8,11,13-14H,9-10,12H2,1-3H3,(H,39,40)/t14-/m0/s1. The Kier molecular flexibility index (Phi) is 7.36. The highest BCUT2D eigenvalue weighted by Gasteiger charge is 2.31. The van der Waals surface area contributed by atoms with Gasteiger partial charge in [-0.25, -0.2) is 27.9 Å². The summed E-state index contributed by atoms with van der Waals surface area (Å²) in [6.45, 7) is 6.02. The minimum Gasteiger partial charge on any atom is -0.465 e. The van der Waals surface area contributed by atoms with Crippen molar-refractivity contribution in [3.05, 3.63) is 74.4 Å². The Hall–Kier alpha value is -3.83. The highest BCUT2D eigenvalue weighted by atomic mass is 35.5. The van der Waals surface area contributed by atoms with Crippen LogP contribution in [-0.2, 0) is 0 Å². The lowest BCUT2D eigenvalue weighted by Gasteiger charge is -2.39. The van der Waals surface area contributed by atoms with Crippen LogP contribution in [0.5, 0.6) is 0 Å². The van der Waals surface area contributed by atoms with Crippen LogP contribution in [0.3, 0.4) is 0 Å². The number of aromatic nitrogens is 4. The van der Waals surface area contributed by atoms with E-state index in [1.807, 2.05) is 13.8 Å². The van der Waals surface area contributed by atoms with Crippen molar-refractivity contribution in [3.8, 4) is 16.9 Å². The summed E-state index contributed by atoms with van der Waals surface area (Å²) in [6, 6.07) is 6.19. The predicted octanol–water partition coefficient (Wildman–Crippen LogP) is 5.74. The second-order valence-electron chi connectivity index (χ2n) is 9.79. The van der Waals surface area contributed by atoms with E-state index in [0.717, 1.165) is 16.7 Å². The smallest absolute Gasteiger partial charge is 0.407 e. The summed E-state index contributed by atoms with van der Waals surface area (Å²) in [5.74, 6) is -1.72. The van der Waals surface area contributed by atoms with E-state index in [1.165, 1.54) is 29.3 Å². The van der Waals surface area contributed by atoms with Gasteiger partial charge in [0.15, 0.2) is 11.5 Å². The van der Waals surface area contributed by atoms with Crippen LogP contribution in [0.1, 0.15) is 32.4 Å². The summed E-state index contributed by atoms with van der Waals surface area (Å²) in [7, 11) is 0. The molecule has 0 unspecified atom stereocenters. The molecule has 13 heteroatoms. The van der Waals surface area contributed by atoms with Gasteiger partial charge in [-0.15, -0.1) is 0 Å². The molecule has 1 aliphatic rings. The van der Waals surface area contributed by atoms with Crippen molar-refractivity contribution in [2.24, 2.45) is 0 Å². The maximum atomic E-state index is 15.8. The molecule has 0 radical (unpaired) electrons. The number of anilines is 1. The van der Waals surface area contributed by atoms with Crippen molar-refractivity contribution in [2.75, 3.05) is 24.5 Å². The van der Waals surface area contributed by atoms with E-state index in [-0.39, 0.29) is 63.7 Å². The number of hydrogen-bond donors (Lipinski definition) is 1. The summed E-state index contributed by atoms with van der Waals surface area (Å²) in [6.07, 6.45) is 0.448. The van der Waals surface area contributed by atoms with Crippen LogP contribution in [0.25, 0.3) is 28.0 Å². The fraction of sp³-hybridized carbons (Fsp3) is 0.296. The molecule has 3 aromatic heterocycles. The van der Waals surface area contributed by atoms with Crippen LogP contribution in [-0.4, -0.2) is 61.3 Å². The number of fused-ring (bicyclic) bond motifs is 1. The van der Waals surface area contributed by atoms with Crippen LogP contribution >= 0.6 is 23.2 Å². The largest absolute Gasteiger partial charge is 0.465 e. The van der Waals surface area contributed by atoms with Gasteiger partial charge in [0, 0.05) is 31.9 Å². The van der Waals surface area contributed by atoms with Gasteiger partial charge in [-0.05, 0) is 37.1 Å². The Morgan fingerprint density at radius 2 is 1.85 bits per heavy atom. The van der Waals surface area contributed by atoms with Gasteiger partial charge in [0.2, 0.25) is 0 Å². The summed E-state index contributed by atoms with van der Waals surface area (Å²) in [4.78, 5) is 41.5. The molecule has 1 aliphatic heterocycles. The highest BCUT2D eigenvalue weighted by molar-refractivity contribution is 6.33. The fourth-order valence-electron chi connectivity index (χ4n) is 4.96. The second kappa shape index (κ2) is 10.6. The van der Waals surface area contributed by atoms with Crippen molar-refractivity contribution in [3.63, 3.8) is 0 Å². The molecule has 1 aromatic carbocycles. The molecule has 9 nitrogen and oxygen atoms in total. The van der Waals surface area contributed by atoms with Crippen molar-refractivity contribution in [1.29, 1.82) is 0 Å². The Labute approximate surface area is 237 Å². The number of carbonyl (C=O) groups is 1. The molecule has 208 valence electrons. The third kappa shape index (κ3) is 4.73. The monoisotopic (exact) mass is 588 g/mol. The van der Waals surface area contributed by atoms with Gasteiger partial charge in [0.1, 0.15) is 17.3 Å². The minimum absolute atomic E-state index is 0.0321. The van der Waals surface area contributed by atoms with Gasteiger partial charge < -0.3 is 14.9 Å². The number of hydrogen-bond acceptors (Lipinski definition) is 6. The minimum atomic E-state index is -1.06. The van der Waals surface area contributed by atoms with Crippen molar-refractivity contribution in [2.45, 2.75) is 32.7 Å². The topological polar surface area (TPSA) is 104 Å². The molecule has 0 saturated carbocycles. The van der Waals surface area contributed by atoms with Gasteiger partial charge in [0.05, 0.1) is 32.4 Å². The first-order valence-corrected chi connectivity index (χ1v) is 13.2. The zero-order valence-electron chi connectivity index (χ0n) is 21.7. The van der Waals surface area contributed by atoms with E-state index in [9.17, 15) is 19.1 Å². The maximum Gasteiger partial charge on any atom is 0.407 e. The molecule has 0 spiro atoms. The van der Waals surface area contributed by atoms with E-state index in [2.05, 4.69) is 15.0 Å². The lowest BCUT2D eigenvalue weighted by Crippen LogP contribution is -2.54. The first-order chi connectivity index (χ1) is 19.0. The Morgan fingerprint density at radius 3 is 2.50 bits per heavy atom. The number of piperazine rings is 1. The third-order valence-corrected chi connectivity index (χ3v) is 7.46. The lowest BCUT2D eigenvalue weighted by molar-refractivity contribution is 0.136. The Balaban J connectivity index is 1.86. The van der Waals surface area contributed by atoms with E-state index in [1.54, 1.807) is 11.8 Å². The fourth-order valence-corrected chi connectivity index (χ4v) is 5.45. The van der Waals surface area contributed by atoms with Crippen molar-refractivity contribution < 1.29 is 18.7 Å². The molecule has 5 rings (SSSR count). The first-order valence-electron chi connectivity index (χ1n) is 12.5. The van der Waals surface area contributed by atoms with Crippen molar-refractivity contribution >= 4 is 46.1 Å². The Bertz CT molecular complexity index is 1690. The number of halogens is 4. The van der Waals surface area contributed by atoms with Gasteiger partial charge in [0.25, 0.3) is 0 Å². The average Bonchev–Trinajstić information content (AvgIpc) is 2.89. The molecule has 1 amide bonds. The number of pyridine rings is 2. The molecular formula is C27H24Cl2F2N6O3. The van der Waals surface area contributed by atoms with E-state index in [0.29, 0.717) is 5.69 Å². The molecule has 1 fully saturated rings. The average molecular weight is 589 g/mol. The molecular weight excluding hydrogens is 565 g/mol. The number of amides is 1. The maximum absolute atomic E-state index is 15.8. The van der Waals surface area contributed by atoms with Gasteiger partial charge in [-0.3, -0.25) is 4.98 Å². The van der Waals surface area contributed by atoms with Crippen LogP contribution in [0.4, 0.5) is 19.4 Å². The predicted molar refractivity (Wildman–Crippen MR) is 149 cm³/mol. The number of carboxylic acid groups (broad SMARTS) is 1. The molecule has 1 N–H and O–H groups in total. The molecule has 40 heavy (non-hydrogen) atoms. The summed E-state index contributed by atoms with van der Waals surface area (Å²) < 4.78 is 31.8. The number of rotatable bonds is 4. The zero-order valence-corrected chi connectivity index (χ0v) is 23.2. The normalized spacial score (nSPS) is 15.8. The van der Waals surface area contributed by atoms with Crippen LogP contribution in [0.2, 0.25) is 10.0 Å². The van der Waals surface area contributed by atoms with Crippen molar-refractivity contribution in [1.82, 2.24) is 24.4 Å². The molecule has 4 aromatic rings. The van der Waals surface area contributed by atoms with E-state index in [4.69, 9.17) is 23.2 Å². The summed E-state index contributed by atoms with van der Waals surface area (Å²) in [5, 5.41) is 9.71. The van der Waals surface area contributed by atoms with Gasteiger partial charge >= 0.3 is 11.8 Å². The van der Waals surface area contributed by atoms with E-state index < -0.39 is 35.2 Å². The van der Waals surface area contributed by atoms with Crippen LogP contribution in [0, 0.1) is 11.6 Å². The van der Waals surface area contributed by atoms with Crippen LogP contribution in [0.15, 0.2) is 41.3 Å². The lowest BCUT2D eigenvalue weighted by atomic mass is 10.1. The highest BCUT2D eigenvalue weighted by Crippen LogP contribution is 2.36. The number of nitrogens with zero attached hydrogens (tertiary/aromatic N) is 6. The van der Waals surface area contributed by atoms with E-state index >= 15 is 4.39 Å². The van der Waals surface area contributed by atoms with Crippen LogP contribution < -0.4 is 10.6 Å². The summed E-state index contributed by atoms with van der Waals surface area (Å²) >= 11 is 12.9. The molecule has 1 saturated heterocycles. The van der Waals surface area contributed by atoms with Gasteiger partial charge in [-0.1, -0.05) is 43.1 Å². The molecule has 4 heterocycles. The SMILES string of the molecule is CC(C)c1nccc(Cl)c1-n1c(=O)nc(N2CCN(C(=O)O)C[C@@H]2C)c2cc(F)c(-c3c(F)cccc3Cl)nc21. The second-order valence-corrected chi connectivity index (χ2v) is 10.6. The third-order valence-electron chi connectivity index (χ3n) is 6.84. The Morgan fingerprint density at radius 1 is 1.10 bits per heavy atom. The quantitative estimate of drug-likeness (QED) is 0.324. The molecule has 1 atom stereocenters. The summed E-state index contributed by atoms with van der Waals surface area (Å²) in [5.41, 5.74) is -0.749. The zero-order chi connectivity index (χ0) is 28.9. The molecule has 0 bridgehead atoms. The number of benzene rings is 1. The first kappa shape index (κ1) is 27.7.